The first-order valence-corrected chi connectivity index (χ1v) is 7.88. The van der Waals surface area contributed by atoms with Crippen LogP contribution in [0.4, 0.5) is 0 Å². The highest BCUT2D eigenvalue weighted by atomic mass is 127. The van der Waals surface area contributed by atoms with Crippen LogP contribution in [0.5, 0.6) is 0 Å². The molecular weight excluding hydrogens is 409 g/mol. The first-order chi connectivity index (χ1) is 10.7. The highest BCUT2D eigenvalue weighted by molar-refractivity contribution is 14.0. The van der Waals surface area contributed by atoms with Gasteiger partial charge >= 0.3 is 5.97 Å². The molecule has 1 saturated heterocycles. The molecule has 2 rings (SSSR count). The molecule has 130 valence electrons. The molecule has 0 amide bonds. The summed E-state index contributed by atoms with van der Waals surface area (Å²) < 4.78 is 10.1. The topological polar surface area (TPSA) is 67.1 Å². The summed E-state index contributed by atoms with van der Waals surface area (Å²) in [5.74, 6) is 1.79. The second-order valence-corrected chi connectivity index (χ2v) is 5.35. The molecule has 7 heteroatoms. The van der Waals surface area contributed by atoms with Gasteiger partial charge in [-0.25, -0.2) is 0 Å². The number of halogens is 1. The van der Waals surface area contributed by atoms with E-state index in [9.17, 15) is 4.79 Å². The lowest BCUT2D eigenvalue weighted by molar-refractivity contribution is -0.146. The van der Waals surface area contributed by atoms with Crippen molar-refractivity contribution in [2.75, 3.05) is 33.3 Å². The molecule has 1 aliphatic heterocycles. The average Bonchev–Trinajstić information content (AvgIpc) is 3.07. The molecule has 1 aromatic rings. The number of carbonyl (C=O) groups is 1. The predicted molar refractivity (Wildman–Crippen MR) is 100 cm³/mol. The predicted octanol–water partition coefficient (Wildman–Crippen LogP) is 2.29. The van der Waals surface area contributed by atoms with Gasteiger partial charge in [0.2, 0.25) is 0 Å². The average molecular weight is 435 g/mol. The van der Waals surface area contributed by atoms with Gasteiger partial charge in [-0.1, -0.05) is 0 Å². The number of guanidine groups is 1. The van der Waals surface area contributed by atoms with Gasteiger partial charge < -0.3 is 19.4 Å². The van der Waals surface area contributed by atoms with E-state index in [-0.39, 0.29) is 35.9 Å². The number of nitrogens with one attached hydrogen (secondary N) is 1. The second-order valence-electron chi connectivity index (χ2n) is 5.35. The van der Waals surface area contributed by atoms with E-state index in [1.54, 1.807) is 6.26 Å². The van der Waals surface area contributed by atoms with Crippen molar-refractivity contribution in [3.05, 3.63) is 24.2 Å². The number of esters is 1. The number of aliphatic imine (C=N–C) groups is 1. The molecule has 0 aliphatic carbocycles. The zero-order chi connectivity index (χ0) is 15.8. The number of furan rings is 1. The maximum Gasteiger partial charge on any atom is 0.308 e. The van der Waals surface area contributed by atoms with Gasteiger partial charge in [-0.2, -0.15) is 0 Å². The van der Waals surface area contributed by atoms with Gasteiger partial charge in [0.05, 0.1) is 19.3 Å². The molecular formula is C16H26IN3O3. The molecule has 1 N–H and O–H groups in total. The fourth-order valence-corrected chi connectivity index (χ4v) is 2.65. The van der Waals surface area contributed by atoms with Crippen LogP contribution in [0.25, 0.3) is 0 Å². The molecule has 1 fully saturated rings. The van der Waals surface area contributed by atoms with Crippen molar-refractivity contribution in [1.82, 2.24) is 10.2 Å². The van der Waals surface area contributed by atoms with E-state index in [2.05, 4.69) is 22.1 Å². The highest BCUT2D eigenvalue weighted by Crippen LogP contribution is 2.18. The summed E-state index contributed by atoms with van der Waals surface area (Å²) >= 11 is 0. The number of hydrogen-bond donors (Lipinski definition) is 1. The molecule has 0 bridgehead atoms. The monoisotopic (exact) mass is 435 g/mol. The van der Waals surface area contributed by atoms with E-state index >= 15 is 0 Å². The summed E-state index contributed by atoms with van der Waals surface area (Å²) in [5, 5.41) is 3.32. The lowest BCUT2D eigenvalue weighted by Crippen LogP contribution is -2.46. The first kappa shape index (κ1) is 19.8. The van der Waals surface area contributed by atoms with Gasteiger partial charge in [0.25, 0.3) is 0 Å². The minimum atomic E-state index is -0.0978. The third-order valence-electron chi connectivity index (χ3n) is 3.86. The van der Waals surface area contributed by atoms with E-state index in [0.717, 1.165) is 50.6 Å². The van der Waals surface area contributed by atoms with E-state index in [0.29, 0.717) is 6.54 Å². The van der Waals surface area contributed by atoms with E-state index in [1.165, 1.54) is 7.11 Å². The van der Waals surface area contributed by atoms with Crippen LogP contribution in [0.15, 0.2) is 27.8 Å². The summed E-state index contributed by atoms with van der Waals surface area (Å²) in [6.07, 6.45) is 4.10. The van der Waals surface area contributed by atoms with Gasteiger partial charge in [-0.15, -0.1) is 24.0 Å². The Hall–Kier alpha value is -1.25. The van der Waals surface area contributed by atoms with Crippen LogP contribution in [-0.2, 0) is 16.0 Å². The Morgan fingerprint density at radius 2 is 2.22 bits per heavy atom. The molecule has 1 aromatic heterocycles. The molecule has 0 saturated carbocycles. The molecule has 0 unspecified atom stereocenters. The van der Waals surface area contributed by atoms with Crippen molar-refractivity contribution in [3.8, 4) is 0 Å². The van der Waals surface area contributed by atoms with Crippen LogP contribution in [-0.4, -0.2) is 50.1 Å². The third kappa shape index (κ3) is 6.04. The fourth-order valence-electron chi connectivity index (χ4n) is 2.65. The molecule has 0 atom stereocenters. The SMILES string of the molecule is CCNC(=NCCc1ccco1)N1CCC(C(=O)OC)CC1.I. The van der Waals surface area contributed by atoms with Crippen LogP contribution < -0.4 is 5.32 Å². The minimum Gasteiger partial charge on any atom is -0.469 e. The number of methoxy groups -OCH3 is 1. The van der Waals surface area contributed by atoms with Crippen molar-refractivity contribution in [3.63, 3.8) is 0 Å². The number of carbonyl (C=O) groups excluding carboxylic acids is 1. The number of hydrogen-bond acceptors (Lipinski definition) is 4. The molecule has 0 aromatic carbocycles. The lowest BCUT2D eigenvalue weighted by Gasteiger charge is -2.33. The Morgan fingerprint density at radius 3 is 2.78 bits per heavy atom. The Morgan fingerprint density at radius 1 is 1.48 bits per heavy atom. The maximum absolute atomic E-state index is 11.6. The molecule has 2 heterocycles. The zero-order valence-electron chi connectivity index (χ0n) is 13.8. The Labute approximate surface area is 154 Å². The number of nitrogens with zero attached hydrogens (tertiary/aromatic N) is 2. The molecule has 23 heavy (non-hydrogen) atoms. The van der Waals surface area contributed by atoms with Crippen LogP contribution in [0, 0.1) is 5.92 Å². The molecule has 0 spiro atoms. The third-order valence-corrected chi connectivity index (χ3v) is 3.86. The standard InChI is InChI=1S/C16H25N3O3.HI/c1-3-17-16(18-9-6-14-5-4-12-22-14)19-10-7-13(8-11-19)15(20)21-2;/h4-5,12-13H,3,6-11H2,1-2H3,(H,17,18);1H. The normalized spacial score (nSPS) is 15.9. The van der Waals surface area contributed by atoms with Crippen LogP contribution in [0.1, 0.15) is 25.5 Å². The molecule has 1 aliphatic rings. The van der Waals surface area contributed by atoms with Crippen LogP contribution in [0.3, 0.4) is 0 Å². The minimum absolute atomic E-state index is 0. The Bertz CT molecular complexity index is 483. The number of rotatable bonds is 5. The van der Waals surface area contributed by atoms with Gasteiger partial charge in [0.1, 0.15) is 5.76 Å². The summed E-state index contributed by atoms with van der Waals surface area (Å²) in [4.78, 5) is 18.4. The van der Waals surface area contributed by atoms with E-state index in [4.69, 9.17) is 9.15 Å². The fraction of sp³-hybridized carbons (Fsp3) is 0.625. The highest BCUT2D eigenvalue weighted by Gasteiger charge is 2.26. The smallest absolute Gasteiger partial charge is 0.308 e. The maximum atomic E-state index is 11.6. The zero-order valence-corrected chi connectivity index (χ0v) is 16.1. The van der Waals surface area contributed by atoms with Crippen molar-refractivity contribution >= 4 is 35.9 Å². The van der Waals surface area contributed by atoms with Gasteiger partial charge in [0.15, 0.2) is 5.96 Å². The summed E-state index contributed by atoms with van der Waals surface area (Å²) in [6.45, 7) is 5.23. The number of piperidine rings is 1. The molecule has 0 radical (unpaired) electrons. The van der Waals surface area contributed by atoms with Gasteiger partial charge in [-0.3, -0.25) is 9.79 Å². The van der Waals surface area contributed by atoms with Gasteiger partial charge in [0, 0.05) is 32.6 Å². The van der Waals surface area contributed by atoms with Crippen LogP contribution in [0.2, 0.25) is 0 Å². The number of likely N-dealkylation sites (tertiary alicyclic amines) is 1. The largest absolute Gasteiger partial charge is 0.469 e. The van der Waals surface area contributed by atoms with Crippen molar-refractivity contribution in [2.24, 2.45) is 10.9 Å². The number of ether oxygens (including phenoxy) is 1. The Balaban J connectivity index is 0.00000264. The van der Waals surface area contributed by atoms with E-state index < -0.39 is 0 Å². The first-order valence-electron chi connectivity index (χ1n) is 7.88. The second kappa shape index (κ2) is 10.5. The quantitative estimate of drug-likeness (QED) is 0.333. The summed E-state index contributed by atoms with van der Waals surface area (Å²) in [7, 11) is 1.45. The summed E-state index contributed by atoms with van der Waals surface area (Å²) in [6, 6.07) is 3.85. The van der Waals surface area contributed by atoms with Crippen LogP contribution >= 0.6 is 24.0 Å². The lowest BCUT2D eigenvalue weighted by atomic mass is 9.97. The van der Waals surface area contributed by atoms with Gasteiger partial charge in [-0.05, 0) is 31.9 Å². The summed E-state index contributed by atoms with van der Waals surface area (Å²) in [5.41, 5.74) is 0. The van der Waals surface area contributed by atoms with E-state index in [1.807, 2.05) is 12.1 Å². The van der Waals surface area contributed by atoms with Crippen molar-refractivity contribution < 1.29 is 13.9 Å². The van der Waals surface area contributed by atoms with Crippen molar-refractivity contribution in [2.45, 2.75) is 26.2 Å². The molecule has 6 nitrogen and oxygen atoms in total. The van der Waals surface area contributed by atoms with Crippen molar-refractivity contribution in [1.29, 1.82) is 0 Å². The Kier molecular flexibility index (Phi) is 9.05.